The van der Waals surface area contributed by atoms with Gasteiger partial charge in [0.15, 0.2) is 0 Å². The summed E-state index contributed by atoms with van der Waals surface area (Å²) in [4.78, 5) is 11.7. The molecule has 1 N–H and O–H groups in total. The number of carbonyl (C=O) groups is 1. The molecule has 0 aromatic heterocycles. The fourth-order valence-corrected chi connectivity index (χ4v) is 3.87. The molecule has 26 heavy (non-hydrogen) atoms. The molecule has 0 aliphatic heterocycles. The van der Waals surface area contributed by atoms with Crippen molar-refractivity contribution in [1.82, 2.24) is 0 Å². The lowest BCUT2D eigenvalue weighted by Gasteiger charge is -2.32. The standard InChI is InChI=1S/C23H32O3/c1-6-7-8-9-18-13-21(25)23(22(14-18)26-17(5)24)20-12-16(4)10-11-19(20)15(2)3/h12-14,19-20,25H,2,6-11H2,1,3-5H3/t19-,20+/m0/s1. The van der Waals surface area contributed by atoms with Gasteiger partial charge < -0.3 is 9.84 Å². The van der Waals surface area contributed by atoms with Crippen LogP contribution in [0.2, 0.25) is 0 Å². The van der Waals surface area contributed by atoms with E-state index in [0.717, 1.165) is 49.7 Å². The van der Waals surface area contributed by atoms with Gasteiger partial charge in [0, 0.05) is 18.4 Å². The Labute approximate surface area is 157 Å². The molecule has 0 bridgehead atoms. The molecule has 1 aromatic rings. The Morgan fingerprint density at radius 3 is 2.65 bits per heavy atom. The van der Waals surface area contributed by atoms with Gasteiger partial charge in [0.25, 0.3) is 0 Å². The molecular weight excluding hydrogens is 324 g/mol. The van der Waals surface area contributed by atoms with Crippen molar-refractivity contribution in [3.05, 3.63) is 47.1 Å². The van der Waals surface area contributed by atoms with Crippen LogP contribution in [-0.2, 0) is 11.2 Å². The second kappa shape index (κ2) is 9.07. The molecule has 0 saturated carbocycles. The number of hydrogen-bond donors (Lipinski definition) is 1. The van der Waals surface area contributed by atoms with E-state index >= 15 is 0 Å². The highest BCUT2D eigenvalue weighted by Gasteiger charge is 2.31. The number of aromatic hydroxyl groups is 1. The zero-order valence-electron chi connectivity index (χ0n) is 16.6. The molecule has 3 heteroatoms. The molecule has 0 fully saturated rings. The summed E-state index contributed by atoms with van der Waals surface area (Å²) >= 11 is 0. The number of rotatable bonds is 7. The molecule has 2 atom stereocenters. The summed E-state index contributed by atoms with van der Waals surface area (Å²) in [5.74, 6) is 0.577. The Hall–Kier alpha value is -2.03. The zero-order valence-corrected chi connectivity index (χ0v) is 16.6. The summed E-state index contributed by atoms with van der Waals surface area (Å²) in [6.07, 6.45) is 8.46. The number of esters is 1. The highest BCUT2D eigenvalue weighted by molar-refractivity contribution is 5.71. The van der Waals surface area contributed by atoms with Crippen molar-refractivity contribution < 1.29 is 14.6 Å². The van der Waals surface area contributed by atoms with Crippen LogP contribution in [0, 0.1) is 5.92 Å². The van der Waals surface area contributed by atoms with E-state index in [-0.39, 0.29) is 23.6 Å². The van der Waals surface area contributed by atoms with Gasteiger partial charge in [0.1, 0.15) is 11.5 Å². The SMILES string of the molecule is C=C(C)[C@@H]1CCC(C)=C[C@H]1c1c(O)cc(CCCCC)cc1OC(C)=O. The number of hydrogen-bond acceptors (Lipinski definition) is 3. The van der Waals surface area contributed by atoms with Gasteiger partial charge in [-0.3, -0.25) is 4.79 Å². The molecule has 142 valence electrons. The molecule has 2 rings (SSSR count). The average molecular weight is 357 g/mol. The molecule has 0 saturated heterocycles. The van der Waals surface area contributed by atoms with Crippen molar-refractivity contribution >= 4 is 5.97 Å². The average Bonchev–Trinajstić information content (AvgIpc) is 2.54. The summed E-state index contributed by atoms with van der Waals surface area (Å²) < 4.78 is 5.53. The van der Waals surface area contributed by atoms with Gasteiger partial charge in [-0.2, -0.15) is 0 Å². The first-order chi connectivity index (χ1) is 12.3. The minimum atomic E-state index is -0.361. The Kier molecular flexibility index (Phi) is 7.07. The van der Waals surface area contributed by atoms with E-state index in [0.29, 0.717) is 11.3 Å². The van der Waals surface area contributed by atoms with Crippen LogP contribution in [0.15, 0.2) is 35.9 Å². The van der Waals surface area contributed by atoms with Crippen LogP contribution in [-0.4, -0.2) is 11.1 Å². The number of ether oxygens (including phenoxy) is 1. The Morgan fingerprint density at radius 1 is 1.31 bits per heavy atom. The van der Waals surface area contributed by atoms with Crippen LogP contribution in [0.5, 0.6) is 11.5 Å². The van der Waals surface area contributed by atoms with Gasteiger partial charge in [0.05, 0.1) is 0 Å². The first-order valence-electron chi connectivity index (χ1n) is 9.70. The lowest BCUT2D eigenvalue weighted by atomic mass is 9.73. The van der Waals surface area contributed by atoms with E-state index in [1.807, 2.05) is 19.1 Å². The fourth-order valence-electron chi connectivity index (χ4n) is 3.87. The van der Waals surface area contributed by atoms with Crippen molar-refractivity contribution in [3.8, 4) is 11.5 Å². The highest BCUT2D eigenvalue weighted by atomic mass is 16.5. The summed E-state index contributed by atoms with van der Waals surface area (Å²) in [6, 6.07) is 3.77. The number of benzene rings is 1. The number of carbonyl (C=O) groups excluding carboxylic acids is 1. The second-order valence-corrected chi connectivity index (χ2v) is 7.61. The molecule has 0 unspecified atom stereocenters. The van der Waals surface area contributed by atoms with Crippen molar-refractivity contribution in [3.63, 3.8) is 0 Å². The maximum Gasteiger partial charge on any atom is 0.308 e. The largest absolute Gasteiger partial charge is 0.507 e. The maximum absolute atomic E-state index is 11.7. The van der Waals surface area contributed by atoms with Crippen molar-refractivity contribution in [2.45, 2.75) is 72.1 Å². The van der Waals surface area contributed by atoms with Gasteiger partial charge >= 0.3 is 5.97 Å². The highest BCUT2D eigenvalue weighted by Crippen LogP contribution is 2.47. The molecular formula is C23H32O3. The predicted molar refractivity (Wildman–Crippen MR) is 107 cm³/mol. The van der Waals surface area contributed by atoms with Crippen LogP contribution in [0.1, 0.15) is 76.8 Å². The van der Waals surface area contributed by atoms with Crippen LogP contribution in [0.3, 0.4) is 0 Å². The van der Waals surface area contributed by atoms with E-state index in [4.69, 9.17) is 4.74 Å². The minimum absolute atomic E-state index is 0.0136. The van der Waals surface area contributed by atoms with Gasteiger partial charge in [0.2, 0.25) is 0 Å². The van der Waals surface area contributed by atoms with Crippen LogP contribution in [0.4, 0.5) is 0 Å². The lowest BCUT2D eigenvalue weighted by Crippen LogP contribution is -2.18. The lowest BCUT2D eigenvalue weighted by molar-refractivity contribution is -0.131. The second-order valence-electron chi connectivity index (χ2n) is 7.61. The Morgan fingerprint density at radius 2 is 2.04 bits per heavy atom. The van der Waals surface area contributed by atoms with Gasteiger partial charge in [-0.25, -0.2) is 0 Å². The molecule has 0 heterocycles. The van der Waals surface area contributed by atoms with Crippen LogP contribution >= 0.6 is 0 Å². The van der Waals surface area contributed by atoms with Crippen molar-refractivity contribution in [2.75, 3.05) is 0 Å². The number of phenolic OH excluding ortho intramolecular Hbond substituents is 1. The molecule has 0 amide bonds. The molecule has 1 aliphatic rings. The number of unbranched alkanes of at least 4 members (excludes halogenated alkanes) is 2. The quantitative estimate of drug-likeness (QED) is 0.279. The number of aryl methyl sites for hydroxylation is 1. The molecule has 0 spiro atoms. The summed E-state index contributed by atoms with van der Waals surface area (Å²) in [6.45, 7) is 11.9. The zero-order chi connectivity index (χ0) is 19.3. The summed E-state index contributed by atoms with van der Waals surface area (Å²) in [5.41, 5.74) is 4.12. The van der Waals surface area contributed by atoms with Crippen molar-refractivity contribution in [1.29, 1.82) is 0 Å². The summed E-state index contributed by atoms with van der Waals surface area (Å²) in [5, 5.41) is 10.8. The van der Waals surface area contributed by atoms with Gasteiger partial charge in [-0.05, 0) is 63.1 Å². The molecule has 0 radical (unpaired) electrons. The predicted octanol–water partition coefficient (Wildman–Crippen LogP) is 6.07. The third kappa shape index (κ3) is 5.00. The number of phenols is 1. The van der Waals surface area contributed by atoms with E-state index < -0.39 is 0 Å². The molecule has 1 aliphatic carbocycles. The topological polar surface area (TPSA) is 46.5 Å². The van der Waals surface area contributed by atoms with E-state index in [2.05, 4.69) is 26.5 Å². The van der Waals surface area contributed by atoms with Gasteiger partial charge in [-0.1, -0.05) is 43.6 Å². The fraction of sp³-hybridized carbons (Fsp3) is 0.522. The van der Waals surface area contributed by atoms with Crippen LogP contribution < -0.4 is 4.74 Å². The summed E-state index contributed by atoms with van der Waals surface area (Å²) in [7, 11) is 0. The third-order valence-electron chi connectivity index (χ3n) is 5.22. The smallest absolute Gasteiger partial charge is 0.308 e. The third-order valence-corrected chi connectivity index (χ3v) is 5.22. The number of allylic oxidation sites excluding steroid dienone is 3. The maximum atomic E-state index is 11.7. The minimum Gasteiger partial charge on any atom is -0.507 e. The van der Waals surface area contributed by atoms with E-state index in [1.165, 1.54) is 12.5 Å². The Balaban J connectivity index is 2.49. The van der Waals surface area contributed by atoms with Gasteiger partial charge in [-0.15, -0.1) is 0 Å². The van der Waals surface area contributed by atoms with Crippen molar-refractivity contribution in [2.24, 2.45) is 5.92 Å². The molecule has 1 aromatic carbocycles. The molecule has 3 nitrogen and oxygen atoms in total. The van der Waals surface area contributed by atoms with E-state index in [9.17, 15) is 9.90 Å². The first-order valence-corrected chi connectivity index (χ1v) is 9.70. The monoisotopic (exact) mass is 356 g/mol. The Bertz CT molecular complexity index is 700. The van der Waals surface area contributed by atoms with Crippen LogP contribution in [0.25, 0.3) is 0 Å². The normalized spacial score (nSPS) is 19.8. The first kappa shape index (κ1) is 20.3. The van der Waals surface area contributed by atoms with E-state index in [1.54, 1.807) is 0 Å².